The van der Waals surface area contributed by atoms with E-state index in [9.17, 15) is 0 Å². The fourth-order valence-electron chi connectivity index (χ4n) is 2.02. The van der Waals surface area contributed by atoms with Crippen molar-refractivity contribution in [2.24, 2.45) is 11.7 Å². The van der Waals surface area contributed by atoms with Crippen molar-refractivity contribution in [3.05, 3.63) is 0 Å². The van der Waals surface area contributed by atoms with Gasteiger partial charge in [-0.1, -0.05) is 19.1 Å². The van der Waals surface area contributed by atoms with Crippen LogP contribution in [0.1, 0.15) is 39.0 Å². The van der Waals surface area contributed by atoms with E-state index < -0.39 is 0 Å². The lowest BCUT2D eigenvalue weighted by molar-refractivity contribution is 0.280. The van der Waals surface area contributed by atoms with Crippen LogP contribution in [0.2, 0.25) is 0 Å². The summed E-state index contributed by atoms with van der Waals surface area (Å²) in [6.45, 7) is 6.06. The maximum Gasteiger partial charge on any atom is 0.0727 e. The Kier molecular flexibility index (Phi) is 5.41. The summed E-state index contributed by atoms with van der Waals surface area (Å²) in [4.78, 5) is 3.22. The van der Waals surface area contributed by atoms with Crippen LogP contribution in [0.15, 0.2) is 0 Å². The second kappa shape index (κ2) is 6.36. The summed E-state index contributed by atoms with van der Waals surface area (Å²) in [5.41, 5.74) is 5.47. The maximum atomic E-state index is 5.47. The topological polar surface area (TPSA) is 29.3 Å². The molecule has 0 bridgehead atoms. The van der Waals surface area contributed by atoms with E-state index in [0.717, 1.165) is 18.8 Å². The Balaban J connectivity index is 2.14. The number of likely N-dealkylation sites (tertiary alicyclic amines) is 1. The Hall–Kier alpha value is -0.150. The summed E-state index contributed by atoms with van der Waals surface area (Å²) in [5, 5.41) is 0. The first-order valence-corrected chi connectivity index (χ1v) is 6.10. The highest BCUT2D eigenvalue weighted by Gasteiger charge is 2.12. The number of nitrogens with two attached hydrogens (primary N) is 1. The Labute approximate surface area is 92.8 Å². The van der Waals surface area contributed by atoms with Crippen LogP contribution in [0.4, 0.5) is 0 Å². The van der Waals surface area contributed by atoms with E-state index in [2.05, 4.69) is 11.8 Å². The van der Waals surface area contributed by atoms with Crippen LogP contribution in [0.25, 0.3) is 0 Å². The molecule has 1 aliphatic heterocycles. The normalized spacial score (nSPS) is 24.5. The molecule has 0 radical (unpaired) electrons. The van der Waals surface area contributed by atoms with Gasteiger partial charge in [-0.2, -0.15) is 0 Å². The number of hydrogen-bond donors (Lipinski definition) is 1. The zero-order valence-electron chi connectivity index (χ0n) is 9.17. The molecule has 1 atom stereocenters. The molecular weight excluding hydrogens is 192 g/mol. The number of thiocarbonyl (C=S) groups is 1. The van der Waals surface area contributed by atoms with Gasteiger partial charge in [0.15, 0.2) is 0 Å². The molecular formula is C11H22N2S. The second-order valence-corrected chi connectivity index (χ2v) is 4.97. The summed E-state index contributed by atoms with van der Waals surface area (Å²) < 4.78 is 0. The summed E-state index contributed by atoms with van der Waals surface area (Å²) in [6, 6.07) is 0. The minimum atomic E-state index is 0.660. The minimum absolute atomic E-state index is 0.660. The molecule has 1 fully saturated rings. The molecule has 1 heterocycles. The zero-order valence-corrected chi connectivity index (χ0v) is 9.98. The van der Waals surface area contributed by atoms with Crippen LogP contribution < -0.4 is 5.73 Å². The highest BCUT2D eigenvalue weighted by molar-refractivity contribution is 7.80. The molecule has 14 heavy (non-hydrogen) atoms. The smallest absolute Gasteiger partial charge is 0.0727 e. The van der Waals surface area contributed by atoms with E-state index in [0.29, 0.717) is 4.99 Å². The molecule has 0 aromatic heterocycles. The van der Waals surface area contributed by atoms with Gasteiger partial charge in [0.2, 0.25) is 0 Å². The van der Waals surface area contributed by atoms with E-state index in [1.807, 2.05) is 0 Å². The van der Waals surface area contributed by atoms with Gasteiger partial charge in [0.1, 0.15) is 0 Å². The van der Waals surface area contributed by atoms with Gasteiger partial charge in [-0.15, -0.1) is 0 Å². The van der Waals surface area contributed by atoms with Crippen LogP contribution in [-0.2, 0) is 0 Å². The molecule has 0 amide bonds. The maximum absolute atomic E-state index is 5.47. The van der Waals surface area contributed by atoms with Crippen LogP contribution >= 0.6 is 12.2 Å². The largest absolute Gasteiger partial charge is 0.393 e. The van der Waals surface area contributed by atoms with Crippen molar-refractivity contribution in [1.29, 1.82) is 0 Å². The van der Waals surface area contributed by atoms with Gasteiger partial charge in [-0.25, -0.2) is 0 Å². The third-order valence-electron chi connectivity index (χ3n) is 3.01. The standard InChI is InChI=1S/C11H22N2S/c1-10-4-2-7-13(9-6-10)8-3-5-11(12)14/h10H,2-9H2,1H3,(H2,12,14). The molecule has 0 aliphatic carbocycles. The molecule has 0 saturated carbocycles. The fraction of sp³-hybridized carbons (Fsp3) is 0.909. The summed E-state index contributed by atoms with van der Waals surface area (Å²) in [6.07, 6.45) is 6.14. The molecule has 1 aliphatic rings. The zero-order chi connectivity index (χ0) is 10.4. The summed E-state index contributed by atoms with van der Waals surface area (Å²) in [5.74, 6) is 0.913. The Morgan fingerprint density at radius 1 is 1.43 bits per heavy atom. The molecule has 1 unspecified atom stereocenters. The van der Waals surface area contributed by atoms with Crippen LogP contribution in [-0.4, -0.2) is 29.5 Å². The molecule has 0 aromatic carbocycles. The molecule has 0 aromatic rings. The predicted octanol–water partition coefficient (Wildman–Crippen LogP) is 2.17. The lowest BCUT2D eigenvalue weighted by atomic mass is 10.0. The highest BCUT2D eigenvalue weighted by Crippen LogP contribution is 2.16. The van der Waals surface area contributed by atoms with Crippen LogP contribution in [0.5, 0.6) is 0 Å². The second-order valence-electron chi connectivity index (χ2n) is 4.45. The molecule has 2 nitrogen and oxygen atoms in total. The van der Waals surface area contributed by atoms with Gasteiger partial charge >= 0.3 is 0 Å². The molecule has 3 heteroatoms. The lowest BCUT2D eigenvalue weighted by Crippen LogP contribution is -2.26. The summed E-state index contributed by atoms with van der Waals surface area (Å²) in [7, 11) is 0. The number of nitrogens with zero attached hydrogens (tertiary/aromatic N) is 1. The van der Waals surface area contributed by atoms with E-state index in [4.69, 9.17) is 18.0 Å². The van der Waals surface area contributed by atoms with Crippen molar-refractivity contribution in [2.75, 3.05) is 19.6 Å². The van der Waals surface area contributed by atoms with E-state index in [1.165, 1.54) is 38.9 Å². The van der Waals surface area contributed by atoms with Crippen molar-refractivity contribution in [2.45, 2.75) is 39.0 Å². The molecule has 1 rings (SSSR count). The number of rotatable bonds is 4. The van der Waals surface area contributed by atoms with Gasteiger partial charge in [-0.05, 0) is 57.7 Å². The predicted molar refractivity (Wildman–Crippen MR) is 65.5 cm³/mol. The van der Waals surface area contributed by atoms with Gasteiger partial charge in [-0.3, -0.25) is 0 Å². The van der Waals surface area contributed by atoms with Crippen molar-refractivity contribution < 1.29 is 0 Å². The molecule has 82 valence electrons. The van der Waals surface area contributed by atoms with Crippen molar-refractivity contribution >= 4 is 17.2 Å². The monoisotopic (exact) mass is 214 g/mol. The average Bonchev–Trinajstić information content (AvgIpc) is 2.30. The quantitative estimate of drug-likeness (QED) is 0.727. The first-order chi connectivity index (χ1) is 6.68. The van der Waals surface area contributed by atoms with Crippen molar-refractivity contribution in [3.63, 3.8) is 0 Å². The fourth-order valence-corrected chi connectivity index (χ4v) is 2.17. The molecule has 2 N–H and O–H groups in total. The van der Waals surface area contributed by atoms with Gasteiger partial charge in [0.25, 0.3) is 0 Å². The summed E-state index contributed by atoms with van der Waals surface area (Å²) >= 11 is 4.87. The van der Waals surface area contributed by atoms with E-state index in [1.54, 1.807) is 0 Å². The minimum Gasteiger partial charge on any atom is -0.393 e. The molecule has 0 spiro atoms. The molecule has 1 saturated heterocycles. The first kappa shape index (κ1) is 11.9. The van der Waals surface area contributed by atoms with Crippen molar-refractivity contribution in [1.82, 2.24) is 4.90 Å². The Bertz CT molecular complexity index is 182. The first-order valence-electron chi connectivity index (χ1n) is 5.69. The van der Waals surface area contributed by atoms with E-state index >= 15 is 0 Å². The van der Waals surface area contributed by atoms with Gasteiger partial charge in [0, 0.05) is 0 Å². The van der Waals surface area contributed by atoms with Gasteiger partial charge in [0.05, 0.1) is 4.99 Å². The average molecular weight is 214 g/mol. The van der Waals surface area contributed by atoms with Gasteiger partial charge < -0.3 is 10.6 Å². The van der Waals surface area contributed by atoms with Crippen LogP contribution in [0.3, 0.4) is 0 Å². The highest BCUT2D eigenvalue weighted by atomic mass is 32.1. The Morgan fingerprint density at radius 2 is 2.21 bits per heavy atom. The van der Waals surface area contributed by atoms with E-state index in [-0.39, 0.29) is 0 Å². The third-order valence-corrected chi connectivity index (χ3v) is 3.21. The SMILES string of the molecule is CC1CCCN(CCCC(N)=S)CC1. The van der Waals surface area contributed by atoms with Crippen LogP contribution in [0, 0.1) is 5.92 Å². The van der Waals surface area contributed by atoms with Crippen molar-refractivity contribution in [3.8, 4) is 0 Å². The third kappa shape index (κ3) is 4.91. The lowest BCUT2D eigenvalue weighted by Gasteiger charge is -2.19. The Morgan fingerprint density at radius 3 is 2.93 bits per heavy atom. The number of hydrogen-bond acceptors (Lipinski definition) is 2.